The molecule has 106 valence electrons. The van der Waals surface area contributed by atoms with Gasteiger partial charge in [0.15, 0.2) is 0 Å². The average molecular weight is 287 g/mol. The molecule has 0 fully saturated rings. The third-order valence-electron chi connectivity index (χ3n) is 2.49. The van der Waals surface area contributed by atoms with Crippen LogP contribution >= 0.6 is 11.6 Å². The molecule has 0 unspecified atom stereocenters. The second-order valence-electron chi connectivity index (χ2n) is 3.91. The molecule has 0 radical (unpaired) electrons. The van der Waals surface area contributed by atoms with Crippen LogP contribution in [0.4, 0.5) is 10.5 Å². The fourth-order valence-corrected chi connectivity index (χ4v) is 1.68. The fraction of sp³-hybridized carbons (Fsp3) is 0.462. The summed E-state index contributed by atoms with van der Waals surface area (Å²) in [6.07, 6.45) is 0. The number of hydrogen-bond acceptors (Lipinski definition) is 3. The molecule has 5 nitrogen and oxygen atoms in total. The summed E-state index contributed by atoms with van der Waals surface area (Å²) in [5.74, 6) is 0. The lowest BCUT2D eigenvalue weighted by Crippen LogP contribution is -2.39. The Morgan fingerprint density at radius 1 is 1.26 bits per heavy atom. The predicted molar refractivity (Wildman–Crippen MR) is 75.8 cm³/mol. The maximum atomic E-state index is 12.1. The van der Waals surface area contributed by atoms with Gasteiger partial charge in [0.2, 0.25) is 0 Å². The molecule has 0 saturated carbocycles. The van der Waals surface area contributed by atoms with E-state index < -0.39 is 0 Å². The van der Waals surface area contributed by atoms with Crippen molar-refractivity contribution in [3.8, 4) is 0 Å². The maximum absolute atomic E-state index is 12.1. The zero-order chi connectivity index (χ0) is 14.1. The summed E-state index contributed by atoms with van der Waals surface area (Å²) in [5.41, 5.74) is 0.664. The van der Waals surface area contributed by atoms with Crippen molar-refractivity contribution < 1.29 is 14.3 Å². The number of halogens is 1. The van der Waals surface area contributed by atoms with Gasteiger partial charge in [0.25, 0.3) is 0 Å². The Labute approximate surface area is 118 Å². The molecule has 0 aliphatic heterocycles. The molecule has 0 spiro atoms. The van der Waals surface area contributed by atoms with Crippen LogP contribution in [0.1, 0.15) is 0 Å². The number of nitrogens with zero attached hydrogens (tertiary/aromatic N) is 1. The molecule has 0 aliphatic carbocycles. The summed E-state index contributed by atoms with van der Waals surface area (Å²) in [4.78, 5) is 13.7. The fourth-order valence-electron chi connectivity index (χ4n) is 1.49. The number of rotatable bonds is 7. The van der Waals surface area contributed by atoms with Crippen LogP contribution in [-0.2, 0) is 9.47 Å². The predicted octanol–water partition coefficient (Wildman–Crippen LogP) is 2.47. The Bertz CT molecular complexity index is 393. The van der Waals surface area contributed by atoms with Crippen LogP contribution in [0.5, 0.6) is 0 Å². The van der Waals surface area contributed by atoms with Gasteiger partial charge < -0.3 is 19.7 Å². The van der Waals surface area contributed by atoms with Crippen molar-refractivity contribution in [1.82, 2.24) is 4.90 Å². The summed E-state index contributed by atoms with van der Waals surface area (Å²) in [6.45, 7) is 1.97. The number of nitrogens with one attached hydrogen (secondary N) is 1. The number of methoxy groups -OCH3 is 2. The van der Waals surface area contributed by atoms with Gasteiger partial charge >= 0.3 is 6.03 Å². The van der Waals surface area contributed by atoms with E-state index in [2.05, 4.69) is 5.32 Å². The summed E-state index contributed by atoms with van der Waals surface area (Å²) >= 11 is 5.87. The average Bonchev–Trinajstić information content (AvgIpc) is 2.38. The standard InChI is InChI=1S/C13H19ClN2O3/c1-18-8-6-16(7-9-19-2)13(17)15-12-5-3-4-11(14)10-12/h3-5,10H,6-9H2,1-2H3,(H,15,17). The minimum Gasteiger partial charge on any atom is -0.383 e. The van der Waals surface area contributed by atoms with Crippen molar-refractivity contribution in [2.24, 2.45) is 0 Å². The first-order valence-electron chi connectivity index (χ1n) is 5.96. The largest absolute Gasteiger partial charge is 0.383 e. The first-order chi connectivity index (χ1) is 9.17. The van der Waals surface area contributed by atoms with Crippen LogP contribution in [0.3, 0.4) is 0 Å². The summed E-state index contributed by atoms with van der Waals surface area (Å²) in [5, 5.41) is 3.37. The molecule has 1 aromatic carbocycles. The molecular weight excluding hydrogens is 268 g/mol. The van der Waals surface area contributed by atoms with E-state index in [4.69, 9.17) is 21.1 Å². The molecule has 0 atom stereocenters. The molecule has 6 heteroatoms. The van der Waals surface area contributed by atoms with Gasteiger partial charge in [-0.25, -0.2) is 4.79 Å². The zero-order valence-electron chi connectivity index (χ0n) is 11.2. The number of carbonyl (C=O) groups excluding carboxylic acids is 1. The monoisotopic (exact) mass is 286 g/mol. The highest BCUT2D eigenvalue weighted by Crippen LogP contribution is 2.15. The quantitative estimate of drug-likeness (QED) is 0.838. The Balaban J connectivity index is 2.59. The molecule has 1 rings (SSSR count). The topological polar surface area (TPSA) is 50.8 Å². The van der Waals surface area contributed by atoms with Crippen molar-refractivity contribution in [3.63, 3.8) is 0 Å². The second-order valence-corrected chi connectivity index (χ2v) is 4.35. The molecule has 0 saturated heterocycles. The van der Waals surface area contributed by atoms with Crippen molar-refractivity contribution in [2.45, 2.75) is 0 Å². The van der Waals surface area contributed by atoms with E-state index in [0.29, 0.717) is 37.0 Å². The van der Waals surface area contributed by atoms with Crippen molar-refractivity contribution in [2.75, 3.05) is 45.8 Å². The lowest BCUT2D eigenvalue weighted by molar-refractivity contribution is 0.127. The summed E-state index contributed by atoms with van der Waals surface area (Å²) in [7, 11) is 3.20. The van der Waals surface area contributed by atoms with E-state index in [-0.39, 0.29) is 6.03 Å². The van der Waals surface area contributed by atoms with Gasteiger partial charge in [-0.2, -0.15) is 0 Å². The SMILES string of the molecule is COCCN(CCOC)C(=O)Nc1cccc(Cl)c1. The van der Waals surface area contributed by atoms with Crippen LogP contribution < -0.4 is 5.32 Å². The summed E-state index contributed by atoms with van der Waals surface area (Å²) < 4.78 is 9.98. The first-order valence-corrected chi connectivity index (χ1v) is 6.34. The van der Waals surface area contributed by atoms with Crippen LogP contribution in [0.15, 0.2) is 24.3 Å². The number of ether oxygens (including phenoxy) is 2. The molecule has 2 amide bonds. The van der Waals surface area contributed by atoms with E-state index in [1.165, 1.54) is 0 Å². The first kappa shape index (κ1) is 15.8. The van der Waals surface area contributed by atoms with Gasteiger partial charge in [0, 0.05) is 38.0 Å². The normalized spacial score (nSPS) is 10.3. The van der Waals surface area contributed by atoms with E-state index in [1.54, 1.807) is 43.4 Å². The van der Waals surface area contributed by atoms with Crippen molar-refractivity contribution >= 4 is 23.3 Å². The Kier molecular flexibility index (Phi) is 7.25. The molecule has 1 aromatic rings. The number of amides is 2. The van der Waals surface area contributed by atoms with Crippen LogP contribution in [0.2, 0.25) is 5.02 Å². The van der Waals surface area contributed by atoms with Crippen molar-refractivity contribution in [1.29, 1.82) is 0 Å². The van der Waals surface area contributed by atoms with Gasteiger partial charge in [-0.3, -0.25) is 0 Å². The molecule has 0 aliphatic rings. The molecular formula is C13H19ClN2O3. The van der Waals surface area contributed by atoms with Crippen molar-refractivity contribution in [3.05, 3.63) is 29.3 Å². The number of benzene rings is 1. The smallest absolute Gasteiger partial charge is 0.322 e. The minimum atomic E-state index is -0.198. The van der Waals surface area contributed by atoms with Crippen LogP contribution in [0.25, 0.3) is 0 Å². The molecule has 19 heavy (non-hydrogen) atoms. The van der Waals surface area contributed by atoms with E-state index in [1.807, 2.05) is 0 Å². The highest BCUT2D eigenvalue weighted by atomic mass is 35.5. The second kappa shape index (κ2) is 8.74. The number of hydrogen-bond donors (Lipinski definition) is 1. The minimum absolute atomic E-state index is 0.198. The number of urea groups is 1. The lowest BCUT2D eigenvalue weighted by Gasteiger charge is -2.22. The Morgan fingerprint density at radius 2 is 1.89 bits per heavy atom. The van der Waals surface area contributed by atoms with Gasteiger partial charge in [-0.05, 0) is 18.2 Å². The maximum Gasteiger partial charge on any atom is 0.322 e. The Morgan fingerprint density at radius 3 is 2.42 bits per heavy atom. The molecule has 0 bridgehead atoms. The van der Waals surface area contributed by atoms with E-state index in [9.17, 15) is 4.79 Å². The molecule has 1 N–H and O–H groups in total. The van der Waals surface area contributed by atoms with Gasteiger partial charge in [0.05, 0.1) is 13.2 Å². The highest BCUT2D eigenvalue weighted by molar-refractivity contribution is 6.30. The van der Waals surface area contributed by atoms with Crippen LogP contribution in [0, 0.1) is 0 Å². The molecule has 0 heterocycles. The third-order valence-corrected chi connectivity index (χ3v) is 2.73. The Hall–Kier alpha value is -1.30. The van der Waals surface area contributed by atoms with Crippen LogP contribution in [-0.4, -0.2) is 51.5 Å². The van der Waals surface area contributed by atoms with Gasteiger partial charge in [-0.15, -0.1) is 0 Å². The molecule has 0 aromatic heterocycles. The lowest BCUT2D eigenvalue weighted by atomic mass is 10.3. The van der Waals surface area contributed by atoms with Gasteiger partial charge in [0.1, 0.15) is 0 Å². The zero-order valence-corrected chi connectivity index (χ0v) is 11.9. The van der Waals surface area contributed by atoms with Gasteiger partial charge in [-0.1, -0.05) is 17.7 Å². The number of anilines is 1. The third kappa shape index (κ3) is 5.92. The summed E-state index contributed by atoms with van der Waals surface area (Å²) in [6, 6.07) is 6.83. The van der Waals surface area contributed by atoms with E-state index >= 15 is 0 Å². The number of carbonyl (C=O) groups is 1. The highest BCUT2D eigenvalue weighted by Gasteiger charge is 2.13. The van der Waals surface area contributed by atoms with E-state index in [0.717, 1.165) is 0 Å².